The molecule has 1 heteroatoms. The van der Waals surface area contributed by atoms with Gasteiger partial charge in [0.05, 0.1) is 0 Å². The number of benzene rings is 2. The summed E-state index contributed by atoms with van der Waals surface area (Å²) in [6.07, 6.45) is 21.0. The molecule has 36 heavy (non-hydrogen) atoms. The van der Waals surface area contributed by atoms with Crippen molar-refractivity contribution < 1.29 is 5.11 Å². The molecule has 1 N–H and O–H groups in total. The van der Waals surface area contributed by atoms with Crippen molar-refractivity contribution in [3.05, 3.63) is 64.7 Å². The lowest BCUT2D eigenvalue weighted by atomic mass is 9.75. The van der Waals surface area contributed by atoms with E-state index in [9.17, 15) is 5.11 Å². The standard InChI is InChI=1S/C35H56O/c1-6-8-10-11-12-13-14-15-16-17-18-20-23-29(3)33-28-32(27-30(34(33)36)24-9-7-2)35(4,5)31-25-21-19-22-26-31/h19,21-22,25-29,36H,6-18,20,23-24H2,1-5H3. The van der Waals surface area contributed by atoms with Gasteiger partial charge in [0.25, 0.3) is 0 Å². The minimum atomic E-state index is -0.0829. The maximum absolute atomic E-state index is 11.2. The van der Waals surface area contributed by atoms with E-state index < -0.39 is 0 Å². The number of rotatable bonds is 19. The maximum atomic E-state index is 11.2. The summed E-state index contributed by atoms with van der Waals surface area (Å²) in [5.41, 5.74) is 4.87. The number of hydrogen-bond donors (Lipinski definition) is 1. The van der Waals surface area contributed by atoms with Crippen molar-refractivity contribution in [2.75, 3.05) is 0 Å². The largest absolute Gasteiger partial charge is 0.507 e. The van der Waals surface area contributed by atoms with E-state index in [4.69, 9.17) is 0 Å². The summed E-state index contributed by atoms with van der Waals surface area (Å²) in [7, 11) is 0. The third-order valence-electron chi connectivity index (χ3n) is 8.26. The lowest BCUT2D eigenvalue weighted by molar-refractivity contribution is 0.448. The van der Waals surface area contributed by atoms with Crippen LogP contribution in [-0.4, -0.2) is 5.11 Å². The molecule has 0 saturated carbocycles. The van der Waals surface area contributed by atoms with Crippen LogP contribution in [0.2, 0.25) is 0 Å². The zero-order valence-electron chi connectivity index (χ0n) is 24.4. The highest BCUT2D eigenvalue weighted by molar-refractivity contribution is 5.50. The number of phenolic OH excluding ortho intramolecular Hbond substituents is 1. The predicted molar refractivity (Wildman–Crippen MR) is 159 cm³/mol. The number of aromatic hydroxyl groups is 1. The first-order chi connectivity index (χ1) is 17.4. The molecule has 0 aliphatic carbocycles. The molecule has 0 heterocycles. The fourth-order valence-electron chi connectivity index (χ4n) is 5.48. The van der Waals surface area contributed by atoms with Crippen LogP contribution in [0.1, 0.15) is 159 Å². The van der Waals surface area contributed by atoms with Gasteiger partial charge in [-0.05, 0) is 47.4 Å². The Labute approximate surface area is 224 Å². The topological polar surface area (TPSA) is 20.2 Å². The molecule has 0 fully saturated rings. The quantitative estimate of drug-likeness (QED) is 0.193. The molecular weight excluding hydrogens is 436 g/mol. The SMILES string of the molecule is CCCCCCCCCCCCCCC(C)c1cc(C(C)(C)c2ccccc2)cc(CCCC)c1O. The van der Waals surface area contributed by atoms with Crippen molar-refractivity contribution in [1.82, 2.24) is 0 Å². The molecule has 2 aromatic rings. The van der Waals surface area contributed by atoms with Crippen LogP contribution in [0, 0.1) is 0 Å². The molecule has 2 rings (SSSR count). The normalized spacial score (nSPS) is 12.7. The zero-order valence-corrected chi connectivity index (χ0v) is 24.4. The monoisotopic (exact) mass is 492 g/mol. The van der Waals surface area contributed by atoms with Crippen LogP contribution in [0.3, 0.4) is 0 Å². The maximum Gasteiger partial charge on any atom is 0.122 e. The highest BCUT2D eigenvalue weighted by atomic mass is 16.3. The van der Waals surface area contributed by atoms with Crippen LogP contribution in [-0.2, 0) is 11.8 Å². The van der Waals surface area contributed by atoms with Crippen LogP contribution >= 0.6 is 0 Å². The first-order valence-corrected chi connectivity index (χ1v) is 15.3. The molecule has 2 aromatic carbocycles. The molecule has 0 saturated heterocycles. The van der Waals surface area contributed by atoms with Gasteiger partial charge in [0.1, 0.15) is 5.75 Å². The minimum absolute atomic E-state index is 0.0829. The highest BCUT2D eigenvalue weighted by Gasteiger charge is 2.26. The number of unbranched alkanes of at least 4 members (excludes halogenated alkanes) is 12. The third kappa shape index (κ3) is 9.95. The number of phenols is 1. The van der Waals surface area contributed by atoms with E-state index in [1.54, 1.807) is 0 Å². The molecule has 0 spiro atoms. The zero-order chi connectivity index (χ0) is 26.2. The fourth-order valence-corrected chi connectivity index (χ4v) is 5.48. The van der Waals surface area contributed by atoms with Gasteiger partial charge in [0.2, 0.25) is 0 Å². The van der Waals surface area contributed by atoms with Gasteiger partial charge in [0, 0.05) is 5.41 Å². The fraction of sp³-hybridized carbons (Fsp3) is 0.657. The summed E-state index contributed by atoms with van der Waals surface area (Å²) >= 11 is 0. The van der Waals surface area contributed by atoms with Crippen molar-refractivity contribution in [1.29, 1.82) is 0 Å². The van der Waals surface area contributed by atoms with E-state index in [0.29, 0.717) is 11.7 Å². The lowest BCUT2D eigenvalue weighted by Gasteiger charge is -2.29. The van der Waals surface area contributed by atoms with Crippen molar-refractivity contribution in [2.24, 2.45) is 0 Å². The van der Waals surface area contributed by atoms with Crippen molar-refractivity contribution in [3.63, 3.8) is 0 Å². The lowest BCUT2D eigenvalue weighted by Crippen LogP contribution is -2.20. The minimum Gasteiger partial charge on any atom is -0.507 e. The summed E-state index contributed by atoms with van der Waals surface area (Å²) in [4.78, 5) is 0. The Morgan fingerprint density at radius 2 is 1.19 bits per heavy atom. The van der Waals surface area contributed by atoms with E-state index >= 15 is 0 Å². The van der Waals surface area contributed by atoms with Gasteiger partial charge >= 0.3 is 0 Å². The summed E-state index contributed by atoms with van der Waals surface area (Å²) in [6, 6.07) is 15.4. The molecule has 0 aliphatic rings. The van der Waals surface area contributed by atoms with Gasteiger partial charge < -0.3 is 5.11 Å². The Bertz CT molecular complexity index is 835. The molecule has 0 radical (unpaired) electrons. The smallest absolute Gasteiger partial charge is 0.122 e. The predicted octanol–water partition coefficient (Wildman–Crippen LogP) is 11.3. The van der Waals surface area contributed by atoms with E-state index in [1.807, 2.05) is 0 Å². The molecule has 1 unspecified atom stereocenters. The van der Waals surface area contributed by atoms with Gasteiger partial charge in [-0.15, -0.1) is 0 Å². The average Bonchev–Trinajstić information content (AvgIpc) is 2.89. The Hall–Kier alpha value is -1.76. The molecule has 0 aromatic heterocycles. The molecule has 1 nitrogen and oxygen atoms in total. The second kappa shape index (κ2) is 16.9. The Balaban J connectivity index is 1.91. The van der Waals surface area contributed by atoms with Crippen molar-refractivity contribution >= 4 is 0 Å². The van der Waals surface area contributed by atoms with Gasteiger partial charge in [-0.3, -0.25) is 0 Å². The first kappa shape index (κ1) is 30.5. The average molecular weight is 493 g/mol. The van der Waals surface area contributed by atoms with E-state index in [1.165, 1.54) is 88.2 Å². The summed E-state index contributed by atoms with van der Waals surface area (Å²) in [6.45, 7) is 11.5. The van der Waals surface area contributed by atoms with Gasteiger partial charge in [-0.2, -0.15) is 0 Å². The van der Waals surface area contributed by atoms with Crippen LogP contribution < -0.4 is 0 Å². The molecule has 0 bridgehead atoms. The second-order valence-corrected chi connectivity index (χ2v) is 11.7. The van der Waals surface area contributed by atoms with Gasteiger partial charge in [0.15, 0.2) is 0 Å². The third-order valence-corrected chi connectivity index (χ3v) is 8.26. The van der Waals surface area contributed by atoms with Crippen LogP contribution in [0.15, 0.2) is 42.5 Å². The van der Waals surface area contributed by atoms with Gasteiger partial charge in [-0.1, -0.05) is 161 Å². The highest BCUT2D eigenvalue weighted by Crippen LogP contribution is 2.40. The van der Waals surface area contributed by atoms with E-state index in [-0.39, 0.29) is 5.41 Å². The summed E-state index contributed by atoms with van der Waals surface area (Å²) in [5.74, 6) is 0.947. The number of hydrogen-bond acceptors (Lipinski definition) is 1. The van der Waals surface area contributed by atoms with E-state index in [0.717, 1.165) is 36.8 Å². The molecule has 0 aliphatic heterocycles. The molecule has 202 valence electrons. The van der Waals surface area contributed by atoms with Crippen LogP contribution in [0.5, 0.6) is 5.75 Å². The van der Waals surface area contributed by atoms with Crippen LogP contribution in [0.25, 0.3) is 0 Å². The summed E-state index contributed by atoms with van der Waals surface area (Å²) < 4.78 is 0. The number of aryl methyl sites for hydroxylation is 1. The second-order valence-electron chi connectivity index (χ2n) is 11.7. The Morgan fingerprint density at radius 1 is 0.667 bits per heavy atom. The van der Waals surface area contributed by atoms with Gasteiger partial charge in [-0.25, -0.2) is 0 Å². The first-order valence-electron chi connectivity index (χ1n) is 15.3. The Kier molecular flexibility index (Phi) is 14.3. The molecular formula is C35H56O. The van der Waals surface area contributed by atoms with Crippen molar-refractivity contribution in [2.45, 2.75) is 149 Å². The van der Waals surface area contributed by atoms with Crippen LogP contribution in [0.4, 0.5) is 0 Å². The molecule has 1 atom stereocenters. The Morgan fingerprint density at radius 3 is 1.75 bits per heavy atom. The van der Waals surface area contributed by atoms with Crippen molar-refractivity contribution in [3.8, 4) is 5.75 Å². The van der Waals surface area contributed by atoms with E-state index in [2.05, 4.69) is 77.1 Å². The molecule has 0 amide bonds. The summed E-state index contributed by atoms with van der Waals surface area (Å²) in [5, 5.41) is 11.2.